The molecule has 0 radical (unpaired) electrons. The first kappa shape index (κ1) is 12.6. The molecule has 3 aliphatic rings. The van der Waals surface area contributed by atoms with E-state index in [1.165, 1.54) is 17.7 Å². The third kappa shape index (κ3) is 1.86. The molecule has 0 aromatic rings. The van der Waals surface area contributed by atoms with Crippen molar-refractivity contribution in [2.24, 2.45) is 11.8 Å². The molecule has 2 fully saturated rings. The Morgan fingerprint density at radius 3 is 2.58 bits per heavy atom. The maximum absolute atomic E-state index is 12.3. The summed E-state index contributed by atoms with van der Waals surface area (Å²) in [6, 6.07) is 0.0793. The van der Waals surface area contributed by atoms with Crippen molar-refractivity contribution >= 4 is 11.8 Å². The molecule has 2 saturated heterocycles. The highest BCUT2D eigenvalue weighted by molar-refractivity contribution is 6.05. The minimum atomic E-state index is -0.181. The van der Waals surface area contributed by atoms with Gasteiger partial charge in [-0.1, -0.05) is 24.3 Å². The number of nitrogens with zero attached hydrogens (tertiary/aromatic N) is 2. The van der Waals surface area contributed by atoms with Crippen molar-refractivity contribution in [3.8, 4) is 0 Å². The summed E-state index contributed by atoms with van der Waals surface area (Å²) in [5.41, 5.74) is 1.11. The van der Waals surface area contributed by atoms with Gasteiger partial charge in [0.1, 0.15) is 0 Å². The van der Waals surface area contributed by atoms with Crippen molar-refractivity contribution in [1.29, 1.82) is 0 Å². The molecular formula is C15H20N2O2. The average Bonchev–Trinajstić information content (AvgIpc) is 3.03. The molecule has 0 aromatic carbocycles. The fourth-order valence-electron chi connectivity index (χ4n) is 3.67. The first-order valence-corrected chi connectivity index (χ1v) is 7.02. The summed E-state index contributed by atoms with van der Waals surface area (Å²) in [6.07, 6.45) is 7.01. The summed E-state index contributed by atoms with van der Waals surface area (Å²) in [5.74, 6) is -0.390. The molecule has 4 heteroatoms. The Morgan fingerprint density at radius 2 is 1.95 bits per heavy atom. The van der Waals surface area contributed by atoms with Crippen LogP contribution < -0.4 is 0 Å². The number of hydrogen-bond acceptors (Lipinski definition) is 3. The molecular weight excluding hydrogens is 240 g/mol. The van der Waals surface area contributed by atoms with Crippen molar-refractivity contribution in [3.05, 3.63) is 24.3 Å². The van der Waals surface area contributed by atoms with E-state index in [1.54, 1.807) is 7.05 Å². The zero-order valence-electron chi connectivity index (χ0n) is 11.3. The van der Waals surface area contributed by atoms with E-state index in [1.807, 2.05) is 6.08 Å². The fraction of sp³-hybridized carbons (Fsp3) is 0.600. The van der Waals surface area contributed by atoms with Gasteiger partial charge in [0.25, 0.3) is 0 Å². The summed E-state index contributed by atoms with van der Waals surface area (Å²) in [5, 5.41) is 0. The molecule has 3 rings (SSSR count). The maximum Gasteiger partial charge on any atom is 0.234 e. The van der Waals surface area contributed by atoms with Crippen molar-refractivity contribution in [2.75, 3.05) is 20.1 Å². The van der Waals surface area contributed by atoms with Crippen LogP contribution in [0.1, 0.15) is 19.3 Å². The molecule has 0 aromatic heterocycles. The number of rotatable bonds is 2. The van der Waals surface area contributed by atoms with Gasteiger partial charge < -0.3 is 0 Å². The molecule has 0 unspecified atom stereocenters. The second-order valence-corrected chi connectivity index (χ2v) is 5.75. The molecule has 0 N–H and O–H groups in total. The van der Waals surface area contributed by atoms with Gasteiger partial charge >= 0.3 is 0 Å². The lowest BCUT2D eigenvalue weighted by Gasteiger charge is -2.35. The molecule has 0 bridgehead atoms. The summed E-state index contributed by atoms with van der Waals surface area (Å²) in [6.45, 7) is 5.88. The van der Waals surface area contributed by atoms with Crippen molar-refractivity contribution in [2.45, 2.75) is 25.3 Å². The molecule has 1 aliphatic carbocycles. The third-order valence-corrected chi connectivity index (χ3v) is 4.73. The molecule has 4 nitrogen and oxygen atoms in total. The molecule has 2 heterocycles. The van der Waals surface area contributed by atoms with Gasteiger partial charge in [-0.15, -0.1) is 0 Å². The Bertz CT molecular complexity index is 463. The van der Waals surface area contributed by atoms with Crippen LogP contribution in [0.15, 0.2) is 24.3 Å². The highest BCUT2D eigenvalue weighted by Crippen LogP contribution is 2.40. The summed E-state index contributed by atoms with van der Waals surface area (Å²) in [7, 11) is 1.61. The van der Waals surface area contributed by atoms with E-state index < -0.39 is 0 Å². The van der Waals surface area contributed by atoms with Gasteiger partial charge in [0, 0.05) is 13.1 Å². The third-order valence-electron chi connectivity index (χ3n) is 4.73. The number of imide groups is 1. The molecule has 19 heavy (non-hydrogen) atoms. The molecule has 0 saturated carbocycles. The smallest absolute Gasteiger partial charge is 0.234 e. The zero-order chi connectivity index (χ0) is 13.6. The normalized spacial score (nSPS) is 35.5. The van der Waals surface area contributed by atoms with E-state index in [0.29, 0.717) is 6.42 Å². The number of amides is 2. The fourth-order valence-corrected chi connectivity index (χ4v) is 3.67. The standard InChI is InChI=1S/C15H20N2O2/c1-3-10-8-11-13(15(19)16(2)14(11)18)12(9-10)17-6-4-5-7-17/h3,9,11-13H,1,4-8H2,2H3/t11-,12+,13-/m0/s1. The monoisotopic (exact) mass is 260 g/mol. The predicted octanol–water partition coefficient (Wildman–Crippen LogP) is 1.20. The van der Waals surface area contributed by atoms with E-state index in [0.717, 1.165) is 18.7 Å². The molecule has 2 aliphatic heterocycles. The van der Waals surface area contributed by atoms with Crippen LogP contribution in [0, 0.1) is 11.8 Å². The molecule has 3 atom stereocenters. The van der Waals surface area contributed by atoms with Crippen molar-refractivity contribution < 1.29 is 9.59 Å². The van der Waals surface area contributed by atoms with Gasteiger partial charge in [0.2, 0.25) is 11.8 Å². The number of likely N-dealkylation sites (tertiary alicyclic amines) is 2. The Morgan fingerprint density at radius 1 is 1.26 bits per heavy atom. The minimum absolute atomic E-state index is 0.00809. The SMILES string of the molecule is C=CC1=C[C@@H](N2CCCC2)[C@H]2C(=O)N(C)C(=O)[C@H]2C1. The second-order valence-electron chi connectivity index (χ2n) is 5.75. The van der Waals surface area contributed by atoms with Crippen LogP contribution in [-0.2, 0) is 9.59 Å². The summed E-state index contributed by atoms with van der Waals surface area (Å²) in [4.78, 5) is 28.2. The van der Waals surface area contributed by atoms with E-state index in [9.17, 15) is 9.59 Å². The first-order valence-electron chi connectivity index (χ1n) is 7.02. The highest BCUT2D eigenvalue weighted by atomic mass is 16.2. The molecule has 102 valence electrons. The van der Waals surface area contributed by atoms with Gasteiger partial charge in [-0.05, 0) is 32.4 Å². The lowest BCUT2D eigenvalue weighted by Crippen LogP contribution is -2.44. The van der Waals surface area contributed by atoms with Gasteiger partial charge in [-0.25, -0.2) is 0 Å². The van der Waals surface area contributed by atoms with E-state index in [4.69, 9.17) is 0 Å². The quantitative estimate of drug-likeness (QED) is 0.700. The predicted molar refractivity (Wildman–Crippen MR) is 72.2 cm³/mol. The number of allylic oxidation sites excluding steroid dienone is 2. The average molecular weight is 260 g/mol. The van der Waals surface area contributed by atoms with Crippen LogP contribution in [0.4, 0.5) is 0 Å². The van der Waals surface area contributed by atoms with Gasteiger partial charge in [-0.3, -0.25) is 19.4 Å². The lowest BCUT2D eigenvalue weighted by molar-refractivity contribution is -0.138. The van der Waals surface area contributed by atoms with Crippen LogP contribution in [0.5, 0.6) is 0 Å². The van der Waals surface area contributed by atoms with Crippen molar-refractivity contribution in [1.82, 2.24) is 9.80 Å². The largest absolute Gasteiger partial charge is 0.296 e. The maximum atomic E-state index is 12.3. The Labute approximate surface area is 113 Å². The van der Waals surface area contributed by atoms with Crippen LogP contribution in [0.25, 0.3) is 0 Å². The van der Waals surface area contributed by atoms with Gasteiger partial charge in [0.15, 0.2) is 0 Å². The highest BCUT2D eigenvalue weighted by Gasteiger charge is 2.52. The molecule has 2 amide bonds. The van der Waals surface area contributed by atoms with E-state index in [2.05, 4.69) is 17.6 Å². The number of carbonyl (C=O) groups is 2. The van der Waals surface area contributed by atoms with Crippen LogP contribution in [0.3, 0.4) is 0 Å². The number of carbonyl (C=O) groups excluding carboxylic acids is 2. The first-order chi connectivity index (χ1) is 9.13. The van der Waals surface area contributed by atoms with E-state index >= 15 is 0 Å². The van der Waals surface area contributed by atoms with Gasteiger partial charge in [0.05, 0.1) is 11.8 Å². The molecule has 0 spiro atoms. The Balaban J connectivity index is 1.97. The Hall–Kier alpha value is -1.42. The van der Waals surface area contributed by atoms with Gasteiger partial charge in [-0.2, -0.15) is 0 Å². The summed E-state index contributed by atoms with van der Waals surface area (Å²) >= 11 is 0. The van der Waals surface area contributed by atoms with Crippen LogP contribution in [-0.4, -0.2) is 47.8 Å². The number of hydrogen-bond donors (Lipinski definition) is 0. The topological polar surface area (TPSA) is 40.6 Å². The zero-order valence-corrected chi connectivity index (χ0v) is 11.3. The number of fused-ring (bicyclic) bond motifs is 1. The van der Waals surface area contributed by atoms with Crippen molar-refractivity contribution in [3.63, 3.8) is 0 Å². The summed E-state index contributed by atoms with van der Waals surface area (Å²) < 4.78 is 0. The Kier molecular flexibility index (Phi) is 3.05. The second kappa shape index (κ2) is 4.60. The minimum Gasteiger partial charge on any atom is -0.296 e. The van der Waals surface area contributed by atoms with E-state index in [-0.39, 0.29) is 29.7 Å². The van der Waals surface area contributed by atoms with Crippen LogP contribution >= 0.6 is 0 Å². The lowest BCUT2D eigenvalue weighted by atomic mass is 9.77. The van der Waals surface area contributed by atoms with Crippen LogP contribution in [0.2, 0.25) is 0 Å².